The third kappa shape index (κ3) is 5.23. The summed E-state index contributed by atoms with van der Waals surface area (Å²) in [4.78, 5) is 26.9. The summed E-state index contributed by atoms with van der Waals surface area (Å²) in [7, 11) is 0. The fourth-order valence-corrected chi connectivity index (χ4v) is 5.18. The number of ether oxygens (including phenoxy) is 1. The minimum atomic E-state index is -0.530. The number of aliphatic hydroxyl groups excluding tert-OH is 1. The molecule has 3 heterocycles. The molecule has 0 bridgehead atoms. The summed E-state index contributed by atoms with van der Waals surface area (Å²) in [5.74, 6) is 0.153. The number of aliphatic hydroxyl groups is 1. The van der Waals surface area contributed by atoms with E-state index in [1.54, 1.807) is 18.3 Å². The Morgan fingerprint density at radius 1 is 1.08 bits per heavy atom. The zero-order valence-corrected chi connectivity index (χ0v) is 21.5. The minimum absolute atomic E-state index is 0.205. The fourth-order valence-electron chi connectivity index (χ4n) is 4.13. The van der Waals surface area contributed by atoms with Gasteiger partial charge in [0, 0.05) is 35.0 Å². The van der Waals surface area contributed by atoms with Crippen LogP contribution in [0.3, 0.4) is 0 Å². The monoisotopic (exact) mass is 534 g/mol. The second kappa shape index (κ2) is 10.8. The molecule has 1 aliphatic heterocycles. The van der Waals surface area contributed by atoms with Crippen LogP contribution in [0.25, 0.3) is 11.4 Å². The molecule has 0 aliphatic carbocycles. The number of fused-ring (bicyclic) bond motifs is 2. The van der Waals surface area contributed by atoms with Crippen LogP contribution in [0.1, 0.15) is 35.7 Å². The van der Waals surface area contributed by atoms with Gasteiger partial charge in [-0.25, -0.2) is 13.8 Å². The molecule has 2 N–H and O–H groups in total. The molecule has 38 heavy (non-hydrogen) atoms. The molecule has 2 aromatic carbocycles. The largest absolute Gasteiger partial charge is 0.436 e. The number of carbonyl (C=O) groups excluding carboxylic acids is 1. The average Bonchev–Trinajstić information content (AvgIpc) is 2.92. The molecule has 4 aromatic rings. The molecule has 0 radical (unpaired) electrons. The van der Waals surface area contributed by atoms with Gasteiger partial charge in [-0.15, -0.1) is 0 Å². The number of hydrogen-bond donors (Lipinski definition) is 2. The number of aryl methyl sites for hydroxylation is 1. The number of halogens is 2. The molecule has 1 atom stereocenters. The highest BCUT2D eigenvalue weighted by Crippen LogP contribution is 2.43. The zero-order valence-electron chi connectivity index (χ0n) is 20.7. The number of pyridine rings is 1. The van der Waals surface area contributed by atoms with Crippen molar-refractivity contribution < 1.29 is 23.4 Å². The normalized spacial score (nSPS) is 12.8. The van der Waals surface area contributed by atoms with Crippen molar-refractivity contribution in [1.82, 2.24) is 15.0 Å². The van der Waals surface area contributed by atoms with E-state index in [0.717, 1.165) is 5.56 Å². The Morgan fingerprint density at radius 3 is 2.42 bits per heavy atom. The van der Waals surface area contributed by atoms with Crippen LogP contribution in [0.5, 0.6) is 11.6 Å². The zero-order chi connectivity index (χ0) is 26.8. The van der Waals surface area contributed by atoms with Gasteiger partial charge >= 0.3 is 0 Å². The molecule has 0 fully saturated rings. The lowest BCUT2D eigenvalue weighted by atomic mass is 9.99. The van der Waals surface area contributed by atoms with Gasteiger partial charge in [0.05, 0.1) is 23.1 Å². The van der Waals surface area contributed by atoms with Crippen LogP contribution in [0.15, 0.2) is 59.8 Å². The lowest BCUT2D eigenvalue weighted by Gasteiger charge is -2.25. The molecule has 2 aromatic heterocycles. The van der Waals surface area contributed by atoms with Crippen molar-refractivity contribution in [2.45, 2.75) is 43.6 Å². The van der Waals surface area contributed by atoms with Crippen molar-refractivity contribution in [1.29, 1.82) is 0 Å². The summed E-state index contributed by atoms with van der Waals surface area (Å²) in [6, 6.07) is 11.4. The van der Waals surface area contributed by atoms with E-state index >= 15 is 0 Å². The fraction of sp³-hybridized carbons (Fsp3) is 0.214. The molecule has 1 aliphatic rings. The van der Waals surface area contributed by atoms with Crippen molar-refractivity contribution in [2.75, 3.05) is 5.32 Å². The molecule has 1 unspecified atom stereocenters. The van der Waals surface area contributed by atoms with Gasteiger partial charge in [0.1, 0.15) is 16.7 Å². The predicted molar refractivity (Wildman–Crippen MR) is 140 cm³/mol. The maximum Gasteiger partial charge on any atom is 0.237 e. The topological polar surface area (TPSA) is 97.2 Å². The van der Waals surface area contributed by atoms with Crippen molar-refractivity contribution in [3.05, 3.63) is 88.7 Å². The van der Waals surface area contributed by atoms with Gasteiger partial charge in [0.25, 0.3) is 0 Å². The molecule has 7 nitrogen and oxygen atoms in total. The average molecular weight is 535 g/mol. The number of anilines is 1. The molecule has 0 spiro atoms. The second-order valence-corrected chi connectivity index (χ2v) is 9.96. The van der Waals surface area contributed by atoms with Crippen molar-refractivity contribution in [3.8, 4) is 23.0 Å². The van der Waals surface area contributed by atoms with E-state index in [2.05, 4.69) is 15.3 Å². The van der Waals surface area contributed by atoms with E-state index < -0.39 is 11.1 Å². The summed E-state index contributed by atoms with van der Waals surface area (Å²) in [5.41, 5.74) is 3.84. The number of aromatic nitrogens is 3. The van der Waals surface area contributed by atoms with Crippen molar-refractivity contribution in [2.24, 2.45) is 0 Å². The highest BCUT2D eigenvalue weighted by atomic mass is 32.2. The Bertz CT molecular complexity index is 1500. The first kappa shape index (κ1) is 25.7. The van der Waals surface area contributed by atoms with Gasteiger partial charge in [-0.05, 0) is 61.9 Å². The van der Waals surface area contributed by atoms with E-state index in [-0.39, 0.29) is 18.3 Å². The molecule has 10 heteroatoms. The molecular formula is C28H24F2N4O3S. The molecule has 194 valence electrons. The summed E-state index contributed by atoms with van der Waals surface area (Å²) in [6.07, 6.45) is 2.49. The minimum Gasteiger partial charge on any atom is -0.436 e. The number of nitrogens with one attached hydrogen (secondary N) is 1. The predicted octanol–water partition coefficient (Wildman–Crippen LogP) is 5.82. The Labute approximate surface area is 222 Å². The number of benzene rings is 2. The van der Waals surface area contributed by atoms with Gasteiger partial charge in [-0.1, -0.05) is 18.7 Å². The van der Waals surface area contributed by atoms with E-state index in [1.807, 2.05) is 13.8 Å². The SMILES string of the molecule is CCC(Sc1nc(-c2ccc(F)cc2)nc2c1Cc1c(CO)cnc(C)c1O2)C(=O)Nc1ccc(F)cc1. The van der Waals surface area contributed by atoms with Gasteiger partial charge in [0.15, 0.2) is 11.6 Å². The summed E-state index contributed by atoms with van der Waals surface area (Å²) < 4.78 is 33.1. The Morgan fingerprint density at radius 2 is 1.76 bits per heavy atom. The third-order valence-electron chi connectivity index (χ3n) is 6.19. The Balaban J connectivity index is 1.54. The smallest absolute Gasteiger partial charge is 0.237 e. The Kier molecular flexibility index (Phi) is 7.35. The first-order valence-corrected chi connectivity index (χ1v) is 12.9. The number of amides is 1. The van der Waals surface area contributed by atoms with Crippen molar-refractivity contribution >= 4 is 23.4 Å². The summed E-state index contributed by atoms with van der Waals surface area (Å²) in [5, 5.41) is 12.7. The highest BCUT2D eigenvalue weighted by molar-refractivity contribution is 8.00. The van der Waals surface area contributed by atoms with E-state index in [4.69, 9.17) is 9.72 Å². The number of carbonyl (C=O) groups is 1. The molecule has 5 rings (SSSR count). The van der Waals surface area contributed by atoms with Crippen molar-refractivity contribution in [3.63, 3.8) is 0 Å². The standard InChI is InChI=1S/C28H24F2N4O3S/c1-3-23(26(36)32-20-10-8-19(30)9-11-20)38-28-22-12-21-17(14-35)13-31-15(2)24(21)37-27(22)33-25(34-28)16-4-6-18(29)7-5-16/h4-11,13,23,35H,3,12,14H2,1-2H3,(H,32,36). The molecule has 0 saturated carbocycles. The van der Waals surface area contributed by atoms with Crippen LogP contribution < -0.4 is 10.1 Å². The second-order valence-electron chi connectivity index (χ2n) is 8.77. The lowest BCUT2D eigenvalue weighted by molar-refractivity contribution is -0.115. The summed E-state index contributed by atoms with van der Waals surface area (Å²) >= 11 is 1.27. The van der Waals surface area contributed by atoms with Gasteiger partial charge in [-0.2, -0.15) is 4.98 Å². The first-order chi connectivity index (χ1) is 18.4. The molecule has 1 amide bonds. The van der Waals surface area contributed by atoms with Gasteiger partial charge < -0.3 is 15.2 Å². The lowest BCUT2D eigenvalue weighted by Crippen LogP contribution is -2.25. The van der Waals surface area contributed by atoms with Gasteiger partial charge in [0.2, 0.25) is 11.8 Å². The molecular weight excluding hydrogens is 510 g/mol. The quantitative estimate of drug-likeness (QED) is 0.201. The number of rotatable bonds is 7. The highest BCUT2D eigenvalue weighted by Gasteiger charge is 2.30. The van der Waals surface area contributed by atoms with E-state index in [9.17, 15) is 18.7 Å². The van der Waals surface area contributed by atoms with Crippen LogP contribution in [0.2, 0.25) is 0 Å². The first-order valence-electron chi connectivity index (χ1n) is 12.0. The van der Waals surface area contributed by atoms with Crippen LogP contribution in [0.4, 0.5) is 14.5 Å². The van der Waals surface area contributed by atoms with Crippen LogP contribution in [0, 0.1) is 18.6 Å². The van der Waals surface area contributed by atoms with Crippen LogP contribution in [-0.2, 0) is 17.8 Å². The molecule has 0 saturated heterocycles. The number of hydrogen-bond acceptors (Lipinski definition) is 7. The van der Waals surface area contributed by atoms with Crippen LogP contribution in [-0.4, -0.2) is 31.2 Å². The maximum absolute atomic E-state index is 13.6. The Hall–Kier alpha value is -3.89. The number of nitrogens with zero attached hydrogens (tertiary/aromatic N) is 3. The number of thioether (sulfide) groups is 1. The van der Waals surface area contributed by atoms with E-state index in [0.29, 0.717) is 63.4 Å². The van der Waals surface area contributed by atoms with Gasteiger partial charge in [-0.3, -0.25) is 9.78 Å². The maximum atomic E-state index is 13.6. The van der Waals surface area contributed by atoms with Crippen LogP contribution >= 0.6 is 11.8 Å². The van der Waals surface area contributed by atoms with E-state index in [1.165, 1.54) is 48.2 Å². The summed E-state index contributed by atoms with van der Waals surface area (Å²) in [6.45, 7) is 3.50. The third-order valence-corrected chi connectivity index (χ3v) is 7.58.